The van der Waals surface area contributed by atoms with E-state index in [4.69, 9.17) is 4.74 Å². The predicted molar refractivity (Wildman–Crippen MR) is 123 cm³/mol. The molecule has 4 aromatic rings. The third-order valence-electron chi connectivity index (χ3n) is 5.49. The SMILES string of the molecule is O=C(Nc1cccc(CN2CCOCC2)n1)c1nccn2cc(-c3cccc(OC(F)(F)F)c3)nc12. The maximum Gasteiger partial charge on any atom is 0.573 e. The molecule has 12 heteroatoms. The van der Waals surface area contributed by atoms with Gasteiger partial charge in [0.05, 0.1) is 24.6 Å². The summed E-state index contributed by atoms with van der Waals surface area (Å²) in [6.07, 6.45) is -0.166. The summed E-state index contributed by atoms with van der Waals surface area (Å²) >= 11 is 0. The van der Waals surface area contributed by atoms with E-state index in [0.717, 1.165) is 18.8 Å². The van der Waals surface area contributed by atoms with Crippen molar-refractivity contribution in [2.45, 2.75) is 12.9 Å². The highest BCUT2D eigenvalue weighted by atomic mass is 19.4. The molecule has 1 aliphatic heterocycles. The number of hydrogen-bond donors (Lipinski definition) is 1. The van der Waals surface area contributed by atoms with Crippen LogP contribution in [0.2, 0.25) is 0 Å². The average molecular weight is 498 g/mol. The zero-order valence-corrected chi connectivity index (χ0v) is 18.9. The number of nitrogens with zero attached hydrogens (tertiary/aromatic N) is 5. The molecule has 186 valence electrons. The third-order valence-corrected chi connectivity index (χ3v) is 5.49. The summed E-state index contributed by atoms with van der Waals surface area (Å²) in [6, 6.07) is 10.9. The number of benzene rings is 1. The number of amides is 1. The molecule has 0 saturated carbocycles. The number of morpholine rings is 1. The number of carbonyl (C=O) groups is 1. The molecule has 0 bridgehead atoms. The summed E-state index contributed by atoms with van der Waals surface area (Å²) in [5, 5.41) is 2.76. The Kier molecular flexibility index (Phi) is 6.53. The van der Waals surface area contributed by atoms with Gasteiger partial charge in [0.25, 0.3) is 5.91 Å². The van der Waals surface area contributed by atoms with Gasteiger partial charge in [-0.3, -0.25) is 9.69 Å². The lowest BCUT2D eigenvalue weighted by Gasteiger charge is -2.26. The molecule has 1 aliphatic rings. The number of rotatable bonds is 6. The minimum absolute atomic E-state index is 0.0480. The molecule has 1 N–H and O–H groups in total. The zero-order chi connectivity index (χ0) is 25.1. The summed E-state index contributed by atoms with van der Waals surface area (Å²) in [6.45, 7) is 3.63. The molecule has 0 atom stereocenters. The van der Waals surface area contributed by atoms with Crippen LogP contribution in [0.3, 0.4) is 0 Å². The predicted octanol–water partition coefficient (Wildman–Crippen LogP) is 3.77. The highest BCUT2D eigenvalue weighted by Crippen LogP contribution is 2.28. The number of hydrogen-bond acceptors (Lipinski definition) is 7. The summed E-state index contributed by atoms with van der Waals surface area (Å²) in [5.74, 6) is -0.502. The van der Waals surface area contributed by atoms with Crippen molar-refractivity contribution < 1.29 is 27.4 Å². The fourth-order valence-corrected chi connectivity index (χ4v) is 3.87. The number of nitrogens with one attached hydrogen (secondary N) is 1. The van der Waals surface area contributed by atoms with Crippen LogP contribution in [0.25, 0.3) is 16.9 Å². The number of halogens is 3. The van der Waals surface area contributed by atoms with Crippen LogP contribution in [0, 0.1) is 0 Å². The minimum Gasteiger partial charge on any atom is -0.406 e. The summed E-state index contributed by atoms with van der Waals surface area (Å²) in [7, 11) is 0. The van der Waals surface area contributed by atoms with Crippen molar-refractivity contribution in [2.75, 3.05) is 31.6 Å². The van der Waals surface area contributed by atoms with E-state index < -0.39 is 12.3 Å². The minimum atomic E-state index is -4.81. The molecule has 5 rings (SSSR count). The van der Waals surface area contributed by atoms with Crippen molar-refractivity contribution in [3.63, 3.8) is 0 Å². The smallest absolute Gasteiger partial charge is 0.406 e. The molecule has 4 heterocycles. The number of imidazole rings is 1. The molecule has 1 fully saturated rings. The van der Waals surface area contributed by atoms with E-state index in [2.05, 4.69) is 29.9 Å². The van der Waals surface area contributed by atoms with Gasteiger partial charge in [-0.15, -0.1) is 13.2 Å². The van der Waals surface area contributed by atoms with E-state index in [-0.39, 0.29) is 17.1 Å². The van der Waals surface area contributed by atoms with E-state index in [1.54, 1.807) is 28.9 Å². The summed E-state index contributed by atoms with van der Waals surface area (Å²) in [4.78, 5) is 28.4. The van der Waals surface area contributed by atoms with Crippen LogP contribution >= 0.6 is 0 Å². The monoisotopic (exact) mass is 498 g/mol. The topological polar surface area (TPSA) is 93.9 Å². The first kappa shape index (κ1) is 23.7. The molecule has 1 aromatic carbocycles. The molecular formula is C24H21F3N6O3. The van der Waals surface area contributed by atoms with Crippen molar-refractivity contribution in [1.29, 1.82) is 0 Å². The normalized spacial score (nSPS) is 14.6. The van der Waals surface area contributed by atoms with E-state index in [1.807, 2.05) is 12.1 Å². The lowest BCUT2D eigenvalue weighted by molar-refractivity contribution is -0.274. The lowest BCUT2D eigenvalue weighted by atomic mass is 10.1. The van der Waals surface area contributed by atoms with Crippen LogP contribution in [0.1, 0.15) is 16.2 Å². The van der Waals surface area contributed by atoms with Gasteiger partial charge in [-0.2, -0.15) is 0 Å². The van der Waals surface area contributed by atoms with Crippen LogP contribution in [0.5, 0.6) is 5.75 Å². The first-order chi connectivity index (χ1) is 17.3. The molecule has 0 aliphatic carbocycles. The largest absolute Gasteiger partial charge is 0.573 e. The van der Waals surface area contributed by atoms with Crippen LogP contribution in [-0.4, -0.2) is 62.8 Å². The van der Waals surface area contributed by atoms with Crippen LogP contribution in [-0.2, 0) is 11.3 Å². The van der Waals surface area contributed by atoms with Crippen LogP contribution in [0.15, 0.2) is 61.1 Å². The maximum absolute atomic E-state index is 13.0. The quantitative estimate of drug-likeness (QED) is 0.433. The number of pyridine rings is 1. The Morgan fingerprint density at radius 3 is 2.72 bits per heavy atom. The first-order valence-electron chi connectivity index (χ1n) is 11.1. The molecule has 0 radical (unpaired) electrons. The van der Waals surface area contributed by atoms with Gasteiger partial charge < -0.3 is 19.2 Å². The highest BCUT2D eigenvalue weighted by Gasteiger charge is 2.31. The highest BCUT2D eigenvalue weighted by molar-refractivity contribution is 6.06. The Morgan fingerprint density at radius 2 is 1.92 bits per heavy atom. The second kappa shape index (κ2) is 9.91. The molecule has 0 unspecified atom stereocenters. The van der Waals surface area contributed by atoms with E-state index in [0.29, 0.717) is 36.8 Å². The molecule has 1 saturated heterocycles. The fraction of sp³-hybridized carbons (Fsp3) is 0.250. The van der Waals surface area contributed by atoms with Gasteiger partial charge >= 0.3 is 6.36 Å². The van der Waals surface area contributed by atoms with E-state index >= 15 is 0 Å². The lowest BCUT2D eigenvalue weighted by Crippen LogP contribution is -2.35. The molecule has 0 spiro atoms. The van der Waals surface area contributed by atoms with Gasteiger partial charge in [-0.25, -0.2) is 15.0 Å². The molecule has 9 nitrogen and oxygen atoms in total. The summed E-state index contributed by atoms with van der Waals surface area (Å²) in [5.41, 5.74) is 1.85. The molecule has 36 heavy (non-hydrogen) atoms. The Hall–Kier alpha value is -4.03. The second-order valence-electron chi connectivity index (χ2n) is 8.07. The number of carbonyl (C=O) groups excluding carboxylic acids is 1. The Morgan fingerprint density at radius 1 is 1.11 bits per heavy atom. The van der Waals surface area contributed by atoms with Gasteiger partial charge in [-0.1, -0.05) is 18.2 Å². The van der Waals surface area contributed by atoms with Gasteiger partial charge in [0, 0.05) is 43.8 Å². The number of aromatic nitrogens is 4. The number of fused-ring (bicyclic) bond motifs is 1. The standard InChI is InChI=1S/C24H21F3N6O3/c25-24(26,27)36-18-5-1-3-16(13-18)19-15-33-8-7-28-21(22(33)30-19)23(34)31-20-6-2-4-17(29-20)14-32-9-11-35-12-10-32/h1-8,13,15H,9-12,14H2,(H,29,31,34). The van der Waals surface area contributed by atoms with Gasteiger partial charge in [-0.05, 0) is 24.3 Å². The van der Waals surface area contributed by atoms with Crippen molar-refractivity contribution in [3.05, 3.63) is 72.4 Å². The van der Waals surface area contributed by atoms with Gasteiger partial charge in [0.2, 0.25) is 0 Å². The summed E-state index contributed by atoms with van der Waals surface area (Å²) < 4.78 is 48.7. The third kappa shape index (κ3) is 5.61. The number of ether oxygens (including phenoxy) is 2. The zero-order valence-electron chi connectivity index (χ0n) is 18.9. The molecular weight excluding hydrogens is 477 g/mol. The Bertz CT molecular complexity index is 1390. The van der Waals surface area contributed by atoms with Crippen molar-refractivity contribution in [2.24, 2.45) is 0 Å². The van der Waals surface area contributed by atoms with Crippen molar-refractivity contribution in [1.82, 2.24) is 24.3 Å². The number of alkyl halides is 3. The van der Waals surface area contributed by atoms with Gasteiger partial charge in [0.15, 0.2) is 11.3 Å². The first-order valence-corrected chi connectivity index (χ1v) is 11.1. The fourth-order valence-electron chi connectivity index (χ4n) is 3.87. The Labute approximate surface area is 203 Å². The number of anilines is 1. The molecule has 1 amide bonds. The second-order valence-corrected chi connectivity index (χ2v) is 8.07. The van der Waals surface area contributed by atoms with Crippen molar-refractivity contribution in [3.8, 4) is 17.0 Å². The van der Waals surface area contributed by atoms with Crippen molar-refractivity contribution >= 4 is 17.4 Å². The van der Waals surface area contributed by atoms with E-state index in [9.17, 15) is 18.0 Å². The maximum atomic E-state index is 13.0. The Balaban J connectivity index is 1.36. The molecule has 3 aromatic heterocycles. The van der Waals surface area contributed by atoms with Crippen LogP contribution < -0.4 is 10.1 Å². The van der Waals surface area contributed by atoms with Gasteiger partial charge in [0.1, 0.15) is 11.6 Å². The van der Waals surface area contributed by atoms with Crippen LogP contribution in [0.4, 0.5) is 19.0 Å². The van der Waals surface area contributed by atoms with E-state index in [1.165, 1.54) is 24.4 Å². The average Bonchev–Trinajstić information content (AvgIpc) is 3.29.